The Morgan fingerprint density at radius 3 is 2.83 bits per heavy atom. The first-order valence-electron chi connectivity index (χ1n) is 3.39. The van der Waals surface area contributed by atoms with Crippen molar-refractivity contribution in [3.05, 3.63) is 23.4 Å². The second-order valence-corrected chi connectivity index (χ2v) is 2.30. The van der Waals surface area contributed by atoms with Crippen molar-refractivity contribution in [2.75, 3.05) is 7.11 Å². The van der Waals surface area contributed by atoms with Crippen LogP contribution in [0.3, 0.4) is 0 Å². The number of methoxy groups -OCH3 is 1. The van der Waals surface area contributed by atoms with Gasteiger partial charge in [0.25, 0.3) is 0 Å². The molecule has 0 atom stereocenters. The summed E-state index contributed by atoms with van der Waals surface area (Å²) in [6.07, 6.45) is 1.41. The second-order valence-electron chi connectivity index (χ2n) is 2.30. The fourth-order valence-corrected chi connectivity index (χ4v) is 0.954. The van der Waals surface area contributed by atoms with E-state index in [1.807, 2.05) is 0 Å². The maximum Gasteiger partial charge on any atom is 0.336 e. The first kappa shape index (κ1) is 8.52. The van der Waals surface area contributed by atoms with Crippen LogP contribution in [0.15, 0.2) is 12.3 Å². The smallest absolute Gasteiger partial charge is 0.336 e. The highest BCUT2D eigenvalue weighted by Crippen LogP contribution is 2.17. The van der Waals surface area contributed by atoms with E-state index in [1.165, 1.54) is 19.4 Å². The summed E-state index contributed by atoms with van der Waals surface area (Å²) < 4.78 is 4.86. The number of carbonyl (C=O) groups is 1. The third-order valence-corrected chi connectivity index (χ3v) is 1.58. The molecule has 12 heavy (non-hydrogen) atoms. The number of rotatable bonds is 2. The lowest BCUT2D eigenvalue weighted by atomic mass is 10.1. The van der Waals surface area contributed by atoms with E-state index in [4.69, 9.17) is 9.84 Å². The predicted molar refractivity (Wildman–Crippen MR) is 42.5 cm³/mol. The van der Waals surface area contributed by atoms with Crippen LogP contribution in [0.2, 0.25) is 0 Å². The molecule has 1 rings (SSSR count). The zero-order valence-electron chi connectivity index (χ0n) is 6.87. The molecule has 0 aliphatic rings. The Morgan fingerprint density at radius 2 is 2.33 bits per heavy atom. The van der Waals surface area contributed by atoms with E-state index < -0.39 is 5.97 Å². The van der Waals surface area contributed by atoms with Crippen molar-refractivity contribution in [1.29, 1.82) is 0 Å². The maximum absolute atomic E-state index is 10.6. The number of nitrogens with zero attached hydrogens (tertiary/aromatic N) is 1. The molecule has 0 spiro atoms. The van der Waals surface area contributed by atoms with E-state index >= 15 is 0 Å². The van der Waals surface area contributed by atoms with Gasteiger partial charge in [-0.25, -0.2) is 9.78 Å². The average Bonchev–Trinajstić information content (AvgIpc) is 2.04. The van der Waals surface area contributed by atoms with Gasteiger partial charge in [-0.3, -0.25) is 0 Å². The van der Waals surface area contributed by atoms with E-state index in [0.717, 1.165) is 0 Å². The maximum atomic E-state index is 10.6. The molecule has 1 aromatic heterocycles. The minimum Gasteiger partial charge on any atom is -0.481 e. The number of aromatic nitrogens is 1. The van der Waals surface area contributed by atoms with Crippen molar-refractivity contribution >= 4 is 5.97 Å². The van der Waals surface area contributed by atoms with Gasteiger partial charge in [-0.1, -0.05) is 0 Å². The predicted octanol–water partition coefficient (Wildman–Crippen LogP) is 1.10. The normalized spacial score (nSPS) is 9.50. The van der Waals surface area contributed by atoms with Crippen LogP contribution >= 0.6 is 0 Å². The lowest BCUT2D eigenvalue weighted by Gasteiger charge is -2.04. The number of hydrogen-bond acceptors (Lipinski definition) is 3. The second kappa shape index (κ2) is 3.21. The van der Waals surface area contributed by atoms with E-state index in [0.29, 0.717) is 11.4 Å². The Bertz CT molecular complexity index is 309. The van der Waals surface area contributed by atoms with Gasteiger partial charge in [0.2, 0.25) is 5.88 Å². The molecule has 0 amide bonds. The standard InChI is InChI=1S/C8H9NO3/c1-5-6(8(10)11)3-4-9-7(5)12-2/h3-4H,1-2H3,(H,10,11). The van der Waals surface area contributed by atoms with Gasteiger partial charge < -0.3 is 9.84 Å². The third kappa shape index (κ3) is 1.37. The molecule has 0 saturated heterocycles. The lowest BCUT2D eigenvalue weighted by molar-refractivity contribution is 0.0695. The van der Waals surface area contributed by atoms with Crippen LogP contribution in [-0.4, -0.2) is 23.2 Å². The molecule has 1 heterocycles. The molecule has 64 valence electrons. The average molecular weight is 167 g/mol. The van der Waals surface area contributed by atoms with Gasteiger partial charge >= 0.3 is 5.97 Å². The zero-order valence-corrected chi connectivity index (χ0v) is 6.87. The number of aromatic carboxylic acids is 1. The number of carboxylic acid groups (broad SMARTS) is 1. The topological polar surface area (TPSA) is 59.4 Å². The van der Waals surface area contributed by atoms with Crippen LogP contribution in [0.5, 0.6) is 5.88 Å². The summed E-state index contributed by atoms with van der Waals surface area (Å²) in [5.74, 6) is -0.608. The summed E-state index contributed by atoms with van der Waals surface area (Å²) in [5, 5.41) is 8.70. The first-order valence-corrected chi connectivity index (χ1v) is 3.39. The number of pyridine rings is 1. The van der Waals surface area contributed by atoms with E-state index in [2.05, 4.69) is 4.98 Å². The molecule has 0 aliphatic heterocycles. The van der Waals surface area contributed by atoms with Crippen molar-refractivity contribution in [3.63, 3.8) is 0 Å². The van der Waals surface area contributed by atoms with Crippen LogP contribution in [0, 0.1) is 6.92 Å². The summed E-state index contributed by atoms with van der Waals surface area (Å²) in [6, 6.07) is 1.44. The van der Waals surface area contributed by atoms with E-state index in [-0.39, 0.29) is 5.56 Å². The molecule has 0 unspecified atom stereocenters. The summed E-state index contributed by atoms with van der Waals surface area (Å²) in [6.45, 7) is 1.66. The highest BCUT2D eigenvalue weighted by Gasteiger charge is 2.10. The minimum absolute atomic E-state index is 0.224. The van der Waals surface area contributed by atoms with Gasteiger partial charge in [0.05, 0.1) is 12.7 Å². The molecule has 4 nitrogen and oxygen atoms in total. The molecule has 1 aromatic rings. The minimum atomic E-state index is -0.965. The monoisotopic (exact) mass is 167 g/mol. The summed E-state index contributed by atoms with van der Waals surface area (Å²) in [5.41, 5.74) is 0.773. The van der Waals surface area contributed by atoms with Gasteiger partial charge in [0.15, 0.2) is 0 Å². The molecule has 0 fully saturated rings. The summed E-state index contributed by atoms with van der Waals surface area (Å²) in [4.78, 5) is 14.5. The zero-order chi connectivity index (χ0) is 9.14. The SMILES string of the molecule is COc1nccc(C(=O)O)c1C. The number of carboxylic acids is 1. The highest BCUT2D eigenvalue weighted by molar-refractivity contribution is 5.89. The van der Waals surface area contributed by atoms with Crippen LogP contribution < -0.4 is 4.74 Å². The number of hydrogen-bond donors (Lipinski definition) is 1. The van der Waals surface area contributed by atoms with Crippen molar-refractivity contribution in [2.24, 2.45) is 0 Å². The first-order chi connectivity index (χ1) is 5.66. The van der Waals surface area contributed by atoms with Crippen LogP contribution in [0.4, 0.5) is 0 Å². The summed E-state index contributed by atoms with van der Waals surface area (Å²) in [7, 11) is 1.46. The van der Waals surface area contributed by atoms with Gasteiger partial charge in [0.1, 0.15) is 0 Å². The van der Waals surface area contributed by atoms with E-state index in [1.54, 1.807) is 6.92 Å². The molecule has 1 N–H and O–H groups in total. The van der Waals surface area contributed by atoms with Crippen LogP contribution in [0.1, 0.15) is 15.9 Å². The van der Waals surface area contributed by atoms with Crippen molar-refractivity contribution in [2.45, 2.75) is 6.92 Å². The lowest BCUT2D eigenvalue weighted by Crippen LogP contribution is -2.02. The third-order valence-electron chi connectivity index (χ3n) is 1.58. The largest absolute Gasteiger partial charge is 0.481 e. The number of ether oxygens (including phenoxy) is 1. The molecule has 0 radical (unpaired) electrons. The molecule has 0 aliphatic carbocycles. The van der Waals surface area contributed by atoms with Crippen molar-refractivity contribution in [1.82, 2.24) is 4.98 Å². The Morgan fingerprint density at radius 1 is 1.67 bits per heavy atom. The Hall–Kier alpha value is -1.58. The molecule has 4 heteroatoms. The van der Waals surface area contributed by atoms with E-state index in [9.17, 15) is 4.79 Å². The van der Waals surface area contributed by atoms with Gasteiger partial charge in [-0.2, -0.15) is 0 Å². The fraction of sp³-hybridized carbons (Fsp3) is 0.250. The molecule has 0 saturated carbocycles. The quantitative estimate of drug-likeness (QED) is 0.716. The molecule has 0 bridgehead atoms. The Kier molecular flexibility index (Phi) is 2.28. The summed E-state index contributed by atoms with van der Waals surface area (Å²) >= 11 is 0. The van der Waals surface area contributed by atoms with Crippen molar-refractivity contribution < 1.29 is 14.6 Å². The van der Waals surface area contributed by atoms with Crippen LogP contribution in [-0.2, 0) is 0 Å². The molecule has 0 aromatic carbocycles. The Labute approximate surface area is 69.8 Å². The highest BCUT2D eigenvalue weighted by atomic mass is 16.5. The van der Waals surface area contributed by atoms with Gasteiger partial charge in [-0.05, 0) is 13.0 Å². The van der Waals surface area contributed by atoms with Crippen molar-refractivity contribution in [3.8, 4) is 5.88 Å². The van der Waals surface area contributed by atoms with Gasteiger partial charge in [0, 0.05) is 11.8 Å². The van der Waals surface area contributed by atoms with Gasteiger partial charge in [-0.15, -0.1) is 0 Å². The fourth-order valence-electron chi connectivity index (χ4n) is 0.954. The Balaban J connectivity index is 3.23. The molecular weight excluding hydrogens is 158 g/mol. The van der Waals surface area contributed by atoms with Crippen LogP contribution in [0.25, 0.3) is 0 Å². The molecular formula is C8H9NO3.